The number of benzene rings is 1. The van der Waals surface area contributed by atoms with Gasteiger partial charge in [-0.05, 0) is 23.1 Å². The van der Waals surface area contributed by atoms with Crippen LogP contribution >= 0.6 is 11.3 Å². The van der Waals surface area contributed by atoms with E-state index in [1.165, 1.54) is 16.7 Å². The van der Waals surface area contributed by atoms with E-state index in [1.54, 1.807) is 17.5 Å². The third-order valence-corrected chi connectivity index (χ3v) is 5.85. The van der Waals surface area contributed by atoms with Crippen LogP contribution in [0, 0.1) is 0 Å². The van der Waals surface area contributed by atoms with E-state index < -0.39 is 0 Å². The van der Waals surface area contributed by atoms with Crippen LogP contribution in [0.4, 0.5) is 0 Å². The lowest BCUT2D eigenvalue weighted by atomic mass is 10.1. The van der Waals surface area contributed by atoms with Crippen LogP contribution in [0.25, 0.3) is 6.08 Å². The van der Waals surface area contributed by atoms with E-state index in [-0.39, 0.29) is 5.91 Å². The van der Waals surface area contributed by atoms with Crippen LogP contribution in [-0.2, 0) is 24.2 Å². The molecule has 1 fully saturated rings. The number of amides is 1. The number of piperazine rings is 1. The van der Waals surface area contributed by atoms with Crippen molar-refractivity contribution in [2.45, 2.75) is 25.8 Å². The Kier molecular flexibility index (Phi) is 4.95. The minimum atomic E-state index is 0.262. The Balaban J connectivity index is 1.24. The summed E-state index contributed by atoms with van der Waals surface area (Å²) >= 11 is 1.63. The smallest absolute Gasteiger partial charge is 0.223 e. The van der Waals surface area contributed by atoms with Crippen LogP contribution in [0.5, 0.6) is 0 Å². The van der Waals surface area contributed by atoms with E-state index in [0.29, 0.717) is 6.42 Å². The molecule has 1 aromatic heterocycles. The Morgan fingerprint density at radius 2 is 2.08 bits per heavy atom. The fourth-order valence-corrected chi connectivity index (χ4v) is 4.19. The second kappa shape index (κ2) is 7.50. The van der Waals surface area contributed by atoms with Gasteiger partial charge in [-0.3, -0.25) is 9.69 Å². The molecule has 1 aromatic carbocycles. The normalized spacial score (nSPS) is 17.0. The Bertz CT molecular complexity index is 761. The molecule has 2 aliphatic rings. The Labute approximate surface area is 152 Å². The van der Waals surface area contributed by atoms with Gasteiger partial charge in [0.15, 0.2) is 0 Å². The first kappa shape index (κ1) is 16.5. The molecular weight excluding hydrogens is 330 g/mol. The fraction of sp³-hybridized carbons (Fsp3) is 0.400. The van der Waals surface area contributed by atoms with Gasteiger partial charge < -0.3 is 4.90 Å². The number of carbonyl (C=O) groups excluding carboxylic acids is 1. The largest absolute Gasteiger partial charge is 0.340 e. The lowest BCUT2D eigenvalue weighted by Gasteiger charge is -2.35. The van der Waals surface area contributed by atoms with Crippen molar-refractivity contribution in [1.82, 2.24) is 14.8 Å². The molecule has 2 heterocycles. The Morgan fingerprint density at radius 3 is 2.88 bits per heavy atom. The first-order valence-electron chi connectivity index (χ1n) is 8.95. The molecule has 1 saturated heterocycles. The Morgan fingerprint density at radius 1 is 1.20 bits per heavy atom. The van der Waals surface area contributed by atoms with Crippen molar-refractivity contribution in [2.24, 2.45) is 0 Å². The second-order valence-electron chi connectivity index (χ2n) is 6.72. The molecule has 0 unspecified atom stereocenters. The van der Waals surface area contributed by atoms with Crippen molar-refractivity contribution in [3.63, 3.8) is 0 Å². The van der Waals surface area contributed by atoms with Gasteiger partial charge in [-0.15, -0.1) is 11.3 Å². The minimum absolute atomic E-state index is 0.262. The number of hydrogen-bond acceptors (Lipinski definition) is 4. The highest BCUT2D eigenvalue weighted by Crippen LogP contribution is 2.21. The number of hydrogen-bond donors (Lipinski definition) is 0. The van der Waals surface area contributed by atoms with Gasteiger partial charge >= 0.3 is 0 Å². The van der Waals surface area contributed by atoms with E-state index in [0.717, 1.165) is 50.6 Å². The average Bonchev–Trinajstić information content (AvgIpc) is 3.31. The predicted octanol–water partition coefficient (Wildman–Crippen LogP) is 2.99. The molecule has 0 radical (unpaired) electrons. The molecule has 4 rings (SSSR count). The van der Waals surface area contributed by atoms with E-state index in [1.807, 2.05) is 10.3 Å². The van der Waals surface area contributed by atoms with Crippen molar-refractivity contribution in [3.8, 4) is 0 Å². The lowest BCUT2D eigenvalue weighted by Crippen LogP contribution is -2.48. The van der Waals surface area contributed by atoms with Crippen LogP contribution in [0.1, 0.15) is 28.1 Å². The zero-order valence-corrected chi connectivity index (χ0v) is 15.2. The number of carbonyl (C=O) groups is 1. The van der Waals surface area contributed by atoms with Crippen LogP contribution in [0.3, 0.4) is 0 Å². The minimum Gasteiger partial charge on any atom is -0.340 e. The number of allylic oxidation sites excluding steroid dienone is 1. The fourth-order valence-electron chi connectivity index (χ4n) is 3.57. The summed E-state index contributed by atoms with van der Waals surface area (Å²) in [5.41, 5.74) is 4.18. The summed E-state index contributed by atoms with van der Waals surface area (Å²) in [6.07, 6.45) is 8.63. The lowest BCUT2D eigenvalue weighted by molar-refractivity contribution is -0.133. The van der Waals surface area contributed by atoms with Crippen molar-refractivity contribution in [1.29, 1.82) is 0 Å². The van der Waals surface area contributed by atoms with Crippen molar-refractivity contribution >= 4 is 23.3 Å². The van der Waals surface area contributed by atoms with Crippen molar-refractivity contribution in [3.05, 3.63) is 57.6 Å². The number of nitrogens with zero attached hydrogens (tertiary/aromatic N) is 3. The van der Waals surface area contributed by atoms with Gasteiger partial charge in [-0.25, -0.2) is 4.98 Å². The van der Waals surface area contributed by atoms with Gasteiger partial charge in [-0.1, -0.05) is 30.4 Å². The number of thiazole rings is 1. The molecule has 2 aromatic rings. The topological polar surface area (TPSA) is 36.4 Å². The summed E-state index contributed by atoms with van der Waals surface area (Å²) < 4.78 is 0. The summed E-state index contributed by atoms with van der Waals surface area (Å²) in [4.78, 5) is 21.1. The molecule has 0 atom stereocenters. The first-order valence-corrected chi connectivity index (χ1v) is 9.83. The van der Waals surface area contributed by atoms with Gasteiger partial charge in [0, 0.05) is 57.1 Å². The maximum Gasteiger partial charge on any atom is 0.223 e. The zero-order valence-electron chi connectivity index (χ0n) is 14.4. The van der Waals surface area contributed by atoms with Crippen LogP contribution < -0.4 is 0 Å². The standard InChI is InChI=1S/C20H23N3OS/c24-20(7-6-19-21-8-13-25-19)23-11-9-22(10-12-23)15-16-4-5-17-2-1-3-18(17)14-16/h1-2,4-5,8,13-14H,3,6-7,9-12,15H2. The number of aryl methyl sites for hydroxylation is 1. The predicted molar refractivity (Wildman–Crippen MR) is 101 cm³/mol. The number of fused-ring (bicyclic) bond motifs is 1. The molecule has 5 heteroatoms. The van der Waals surface area contributed by atoms with Gasteiger partial charge in [0.25, 0.3) is 0 Å². The maximum atomic E-state index is 12.4. The van der Waals surface area contributed by atoms with Gasteiger partial charge in [0.2, 0.25) is 5.91 Å². The summed E-state index contributed by atoms with van der Waals surface area (Å²) in [7, 11) is 0. The zero-order chi connectivity index (χ0) is 17.1. The van der Waals surface area contributed by atoms with E-state index in [9.17, 15) is 4.79 Å². The van der Waals surface area contributed by atoms with Gasteiger partial charge in [-0.2, -0.15) is 0 Å². The van der Waals surface area contributed by atoms with Crippen molar-refractivity contribution < 1.29 is 4.79 Å². The summed E-state index contributed by atoms with van der Waals surface area (Å²) in [5, 5.41) is 3.02. The summed E-state index contributed by atoms with van der Waals surface area (Å²) in [5.74, 6) is 0.262. The molecule has 130 valence electrons. The van der Waals surface area contributed by atoms with Crippen molar-refractivity contribution in [2.75, 3.05) is 26.2 Å². The maximum absolute atomic E-state index is 12.4. The SMILES string of the molecule is O=C(CCc1nccs1)N1CCN(Cc2ccc3c(c2)CC=C3)CC1. The summed E-state index contributed by atoms with van der Waals surface area (Å²) in [6.45, 7) is 4.57. The highest BCUT2D eigenvalue weighted by Gasteiger charge is 2.21. The molecule has 25 heavy (non-hydrogen) atoms. The third-order valence-electron chi connectivity index (χ3n) is 5.01. The molecule has 0 spiro atoms. The first-order chi connectivity index (χ1) is 12.3. The van der Waals surface area contributed by atoms with Gasteiger partial charge in [0.1, 0.15) is 0 Å². The van der Waals surface area contributed by atoms with Crippen LogP contribution in [0.15, 0.2) is 35.9 Å². The molecule has 1 amide bonds. The van der Waals surface area contributed by atoms with Crippen LogP contribution in [0.2, 0.25) is 0 Å². The molecule has 1 aliphatic carbocycles. The second-order valence-corrected chi connectivity index (χ2v) is 7.70. The molecule has 0 bridgehead atoms. The molecule has 1 aliphatic heterocycles. The molecule has 0 N–H and O–H groups in total. The van der Waals surface area contributed by atoms with E-state index >= 15 is 0 Å². The summed E-state index contributed by atoms with van der Waals surface area (Å²) in [6, 6.07) is 6.80. The van der Waals surface area contributed by atoms with Crippen LogP contribution in [-0.4, -0.2) is 46.9 Å². The monoisotopic (exact) mass is 353 g/mol. The molecular formula is C20H23N3OS. The molecule has 4 nitrogen and oxygen atoms in total. The van der Waals surface area contributed by atoms with Gasteiger partial charge in [0.05, 0.1) is 5.01 Å². The molecule has 0 saturated carbocycles. The quantitative estimate of drug-likeness (QED) is 0.829. The number of rotatable bonds is 5. The van der Waals surface area contributed by atoms with E-state index in [4.69, 9.17) is 0 Å². The Hall–Kier alpha value is -1.98. The number of aromatic nitrogens is 1. The highest BCUT2D eigenvalue weighted by molar-refractivity contribution is 7.09. The third kappa shape index (κ3) is 3.99. The van der Waals surface area contributed by atoms with E-state index in [2.05, 4.69) is 40.2 Å². The average molecular weight is 353 g/mol. The highest BCUT2D eigenvalue weighted by atomic mass is 32.1.